The molecule has 2 atom stereocenters. The summed E-state index contributed by atoms with van der Waals surface area (Å²) in [5.74, 6) is -1.44. The fourth-order valence-corrected chi connectivity index (χ4v) is 5.58. The minimum absolute atomic E-state index is 0.0402. The van der Waals surface area contributed by atoms with E-state index in [2.05, 4.69) is 20.6 Å². The van der Waals surface area contributed by atoms with Gasteiger partial charge in [-0.1, -0.05) is 18.5 Å². The molecule has 2 aromatic heterocycles. The number of nitrogens with one attached hydrogen (secondary N) is 2. The Kier molecular flexibility index (Phi) is 6.93. The molecular formula is C25H30ClF2N7O2. The normalized spacial score (nSPS) is 26.2. The molecule has 0 aliphatic heterocycles. The Labute approximate surface area is 217 Å². The second-order valence-corrected chi connectivity index (χ2v) is 10.8. The predicted molar refractivity (Wildman–Crippen MR) is 137 cm³/mol. The highest BCUT2D eigenvalue weighted by Crippen LogP contribution is 2.43. The van der Waals surface area contributed by atoms with Gasteiger partial charge in [-0.25, -0.2) is 18.7 Å². The summed E-state index contributed by atoms with van der Waals surface area (Å²) in [6, 6.07) is 1.95. The molecule has 1 amide bonds. The molecule has 0 bridgehead atoms. The molecule has 12 heteroatoms. The number of rotatable bonds is 6. The van der Waals surface area contributed by atoms with Crippen molar-refractivity contribution in [2.75, 3.05) is 10.6 Å². The van der Waals surface area contributed by atoms with Crippen LogP contribution in [0.3, 0.4) is 0 Å². The first-order chi connectivity index (χ1) is 17.6. The Morgan fingerprint density at radius 1 is 1.19 bits per heavy atom. The third kappa shape index (κ3) is 5.19. The van der Waals surface area contributed by atoms with Gasteiger partial charge in [-0.3, -0.25) is 9.36 Å². The third-order valence-electron chi connectivity index (χ3n) is 7.67. The number of carbonyl (C=O) groups is 1. The van der Waals surface area contributed by atoms with E-state index >= 15 is 0 Å². The van der Waals surface area contributed by atoms with Crippen molar-refractivity contribution in [2.24, 2.45) is 11.1 Å². The summed E-state index contributed by atoms with van der Waals surface area (Å²) in [5.41, 5.74) is 5.61. The summed E-state index contributed by atoms with van der Waals surface area (Å²) in [4.78, 5) is 25.7. The van der Waals surface area contributed by atoms with Gasteiger partial charge in [-0.2, -0.15) is 4.98 Å². The topological polar surface area (TPSA) is 131 Å². The highest BCUT2D eigenvalue weighted by atomic mass is 35.5. The Morgan fingerprint density at radius 2 is 1.89 bits per heavy atom. The lowest BCUT2D eigenvalue weighted by Gasteiger charge is -2.35. The van der Waals surface area contributed by atoms with Crippen molar-refractivity contribution in [1.82, 2.24) is 19.5 Å². The first-order valence-electron chi connectivity index (χ1n) is 12.5. The molecule has 2 saturated carbocycles. The predicted octanol–water partition coefficient (Wildman–Crippen LogP) is 4.82. The molecule has 5 N–H and O–H groups in total. The van der Waals surface area contributed by atoms with Gasteiger partial charge < -0.3 is 21.5 Å². The largest absolute Gasteiger partial charge is 0.393 e. The van der Waals surface area contributed by atoms with Crippen molar-refractivity contribution in [3.8, 4) is 0 Å². The van der Waals surface area contributed by atoms with Crippen LogP contribution in [0.15, 0.2) is 18.3 Å². The molecule has 3 aromatic rings. The van der Waals surface area contributed by atoms with Crippen molar-refractivity contribution in [3.05, 3.63) is 35.0 Å². The van der Waals surface area contributed by atoms with Crippen LogP contribution in [0.25, 0.3) is 11.2 Å². The molecule has 2 aliphatic carbocycles. The standard InChI is InChI=1S/C25H30ClF2N7O2/c1-25(22(29)37)7-5-15(6-8-25)35-21-19(12-30-23(34-21)31-14-3-2-4-16(36)11-14)32-24(35)33-20-17(27)9-13(26)10-18(20)28/h9-10,12,14-16,36H,2-8,11H2,1H3,(H2,29,37)(H,32,33)(H,30,31,34)/t14-,15?,16-,25?/m0/s1. The van der Waals surface area contributed by atoms with Gasteiger partial charge in [0, 0.05) is 22.5 Å². The number of hydrogen-bond acceptors (Lipinski definition) is 7. The number of aliphatic hydroxyl groups excluding tert-OH is 1. The molecule has 0 spiro atoms. The molecule has 1 aromatic carbocycles. The lowest BCUT2D eigenvalue weighted by molar-refractivity contribution is -0.128. The first kappa shape index (κ1) is 25.6. The van der Waals surface area contributed by atoms with Crippen LogP contribution in [0.2, 0.25) is 5.02 Å². The van der Waals surface area contributed by atoms with Crippen molar-refractivity contribution < 1.29 is 18.7 Å². The quantitative estimate of drug-likeness (QED) is 0.357. The van der Waals surface area contributed by atoms with E-state index in [1.54, 1.807) is 6.20 Å². The van der Waals surface area contributed by atoms with Gasteiger partial charge in [0.2, 0.25) is 17.8 Å². The summed E-state index contributed by atoms with van der Waals surface area (Å²) in [5, 5.41) is 16.1. The van der Waals surface area contributed by atoms with Crippen LogP contribution >= 0.6 is 11.6 Å². The van der Waals surface area contributed by atoms with Crippen LogP contribution in [0.1, 0.15) is 64.3 Å². The summed E-state index contributed by atoms with van der Waals surface area (Å²) < 4.78 is 31.1. The number of anilines is 3. The van der Waals surface area contributed by atoms with Gasteiger partial charge in [0.1, 0.15) is 11.2 Å². The summed E-state index contributed by atoms with van der Waals surface area (Å²) >= 11 is 5.79. The Morgan fingerprint density at radius 3 is 2.54 bits per heavy atom. The number of aliphatic hydroxyl groups is 1. The molecule has 198 valence electrons. The van der Waals surface area contributed by atoms with Crippen LogP contribution in [-0.2, 0) is 4.79 Å². The van der Waals surface area contributed by atoms with E-state index in [0.29, 0.717) is 49.2 Å². The Hall–Kier alpha value is -3.05. The highest BCUT2D eigenvalue weighted by Gasteiger charge is 2.38. The SMILES string of the molecule is CC1(C(N)=O)CCC(n2c(Nc3c(F)cc(Cl)cc3F)nc3cnc(N[C@H]4CCC[C@H](O)C4)nc32)CC1. The van der Waals surface area contributed by atoms with E-state index in [1.807, 2.05) is 11.5 Å². The van der Waals surface area contributed by atoms with Crippen molar-refractivity contribution in [2.45, 2.75) is 76.5 Å². The second-order valence-electron chi connectivity index (χ2n) is 10.4. The average Bonchev–Trinajstić information content (AvgIpc) is 3.19. The maximum Gasteiger partial charge on any atom is 0.224 e. The minimum Gasteiger partial charge on any atom is -0.393 e. The van der Waals surface area contributed by atoms with Crippen LogP contribution in [0.5, 0.6) is 0 Å². The van der Waals surface area contributed by atoms with Crippen LogP contribution < -0.4 is 16.4 Å². The molecule has 37 heavy (non-hydrogen) atoms. The highest BCUT2D eigenvalue weighted by molar-refractivity contribution is 6.30. The maximum atomic E-state index is 14.6. The molecule has 2 fully saturated rings. The number of halogens is 3. The van der Waals surface area contributed by atoms with Gasteiger partial charge in [0.25, 0.3) is 0 Å². The molecule has 5 rings (SSSR count). The summed E-state index contributed by atoms with van der Waals surface area (Å²) in [6.07, 6.45) is 6.73. The molecular weight excluding hydrogens is 504 g/mol. The fourth-order valence-electron chi connectivity index (χ4n) is 5.39. The van der Waals surface area contributed by atoms with Gasteiger partial charge in [-0.15, -0.1) is 0 Å². The number of fused-ring (bicyclic) bond motifs is 1. The van der Waals surface area contributed by atoms with E-state index < -0.39 is 17.0 Å². The van der Waals surface area contributed by atoms with Crippen LogP contribution in [0.4, 0.5) is 26.4 Å². The molecule has 2 heterocycles. The van der Waals surface area contributed by atoms with Gasteiger partial charge in [0.15, 0.2) is 17.3 Å². The van der Waals surface area contributed by atoms with E-state index in [1.165, 1.54) is 0 Å². The molecule has 0 radical (unpaired) electrons. The minimum atomic E-state index is -0.849. The number of nitrogens with two attached hydrogens (primary N) is 1. The lowest BCUT2D eigenvalue weighted by Crippen LogP contribution is -2.38. The Bertz CT molecular complexity index is 1300. The van der Waals surface area contributed by atoms with E-state index in [-0.39, 0.29) is 40.8 Å². The van der Waals surface area contributed by atoms with Gasteiger partial charge in [0.05, 0.1) is 12.3 Å². The van der Waals surface area contributed by atoms with Crippen LogP contribution in [0, 0.1) is 17.0 Å². The summed E-state index contributed by atoms with van der Waals surface area (Å²) in [6.45, 7) is 1.86. The second kappa shape index (κ2) is 10.0. The lowest BCUT2D eigenvalue weighted by atomic mass is 9.73. The smallest absolute Gasteiger partial charge is 0.224 e. The van der Waals surface area contributed by atoms with Crippen molar-refractivity contribution >= 4 is 46.3 Å². The number of nitrogens with zero attached hydrogens (tertiary/aromatic N) is 4. The number of primary amides is 1. The average molecular weight is 534 g/mol. The molecule has 9 nitrogen and oxygen atoms in total. The number of aromatic nitrogens is 4. The van der Waals surface area contributed by atoms with Gasteiger partial charge in [-0.05, 0) is 63.5 Å². The molecule has 0 saturated heterocycles. The monoisotopic (exact) mass is 533 g/mol. The number of imidazole rings is 1. The zero-order valence-corrected chi connectivity index (χ0v) is 21.2. The van der Waals surface area contributed by atoms with E-state index in [0.717, 1.165) is 31.4 Å². The first-order valence-corrected chi connectivity index (χ1v) is 12.9. The van der Waals surface area contributed by atoms with Gasteiger partial charge >= 0.3 is 0 Å². The zero-order valence-electron chi connectivity index (χ0n) is 20.5. The maximum absolute atomic E-state index is 14.6. The molecule has 0 unspecified atom stereocenters. The summed E-state index contributed by atoms with van der Waals surface area (Å²) in [7, 11) is 0. The number of amides is 1. The molecule has 2 aliphatic rings. The zero-order chi connectivity index (χ0) is 26.3. The van der Waals surface area contributed by atoms with E-state index in [9.17, 15) is 18.7 Å². The third-order valence-corrected chi connectivity index (χ3v) is 7.89. The fraction of sp³-hybridized carbons (Fsp3) is 0.520. The number of hydrogen-bond donors (Lipinski definition) is 4. The van der Waals surface area contributed by atoms with Crippen LogP contribution in [-0.4, -0.2) is 42.7 Å². The number of benzene rings is 1. The van der Waals surface area contributed by atoms with Crippen molar-refractivity contribution in [3.63, 3.8) is 0 Å². The van der Waals surface area contributed by atoms with E-state index in [4.69, 9.17) is 22.3 Å². The Balaban J connectivity index is 1.52. The number of carbonyl (C=O) groups excluding carboxylic acids is 1. The van der Waals surface area contributed by atoms with Crippen molar-refractivity contribution in [1.29, 1.82) is 0 Å².